The number of aromatic nitrogens is 2. The van der Waals surface area contributed by atoms with Crippen molar-refractivity contribution in [2.24, 2.45) is 0 Å². The first-order valence-electron chi connectivity index (χ1n) is 7.60. The summed E-state index contributed by atoms with van der Waals surface area (Å²) in [7, 11) is 0. The van der Waals surface area contributed by atoms with Gasteiger partial charge in [0.05, 0.1) is 12.3 Å². The molecule has 1 fully saturated rings. The van der Waals surface area contributed by atoms with Crippen LogP contribution in [0.5, 0.6) is 11.5 Å². The van der Waals surface area contributed by atoms with Gasteiger partial charge in [-0.1, -0.05) is 11.6 Å². The second-order valence-corrected chi connectivity index (χ2v) is 6.10. The van der Waals surface area contributed by atoms with Gasteiger partial charge in [-0.25, -0.2) is 4.98 Å². The molecule has 7 heteroatoms. The predicted octanol–water partition coefficient (Wildman–Crippen LogP) is 3.22. The van der Waals surface area contributed by atoms with Crippen molar-refractivity contribution in [1.82, 2.24) is 9.97 Å². The van der Waals surface area contributed by atoms with Gasteiger partial charge in [-0.05, 0) is 49.9 Å². The molecule has 2 atom stereocenters. The summed E-state index contributed by atoms with van der Waals surface area (Å²) in [4.78, 5) is 8.22. The van der Waals surface area contributed by atoms with Crippen LogP contribution >= 0.6 is 11.6 Å². The lowest BCUT2D eigenvalue weighted by molar-refractivity contribution is 0.124. The zero-order chi connectivity index (χ0) is 16.2. The van der Waals surface area contributed by atoms with Gasteiger partial charge in [0.25, 0.3) is 0 Å². The van der Waals surface area contributed by atoms with Crippen molar-refractivity contribution in [3.63, 3.8) is 0 Å². The molecule has 1 aliphatic rings. The molecule has 3 rings (SSSR count). The van der Waals surface area contributed by atoms with Crippen LogP contribution in [-0.2, 0) is 0 Å². The Hall–Kier alpha value is -2.05. The Balaban J connectivity index is 1.78. The fraction of sp³-hybridized carbons (Fsp3) is 0.375. The Morgan fingerprint density at radius 3 is 2.78 bits per heavy atom. The largest absolute Gasteiger partial charge is 0.452 e. The Morgan fingerprint density at radius 2 is 2.04 bits per heavy atom. The quantitative estimate of drug-likeness (QED) is 0.795. The minimum absolute atomic E-state index is 0.139. The standard InChI is InChI=1S/C16H19ClN4O2/c17-10-4-6-13(7-5-10)23-14-9-19-16(18)21-15(14)20-11-2-1-3-12(22)8-11/h4-7,9,11-12,22H,1-3,8H2,(H3,18,19,20,21)/t11-,12-/m1/s1. The Bertz CT molecular complexity index is 666. The fourth-order valence-electron chi connectivity index (χ4n) is 2.68. The van der Waals surface area contributed by atoms with Crippen molar-refractivity contribution in [2.75, 3.05) is 11.1 Å². The summed E-state index contributed by atoms with van der Waals surface area (Å²) in [6, 6.07) is 7.18. The Kier molecular flexibility index (Phi) is 4.83. The average molecular weight is 335 g/mol. The molecule has 0 bridgehead atoms. The molecule has 0 aliphatic heterocycles. The number of ether oxygens (including phenoxy) is 1. The lowest BCUT2D eigenvalue weighted by atomic mass is 9.93. The molecule has 23 heavy (non-hydrogen) atoms. The molecule has 0 spiro atoms. The number of aliphatic hydroxyl groups is 1. The van der Waals surface area contributed by atoms with E-state index < -0.39 is 0 Å². The van der Waals surface area contributed by atoms with Crippen LogP contribution in [-0.4, -0.2) is 27.2 Å². The van der Waals surface area contributed by atoms with E-state index in [0.717, 1.165) is 19.3 Å². The van der Waals surface area contributed by atoms with Gasteiger partial charge in [-0.15, -0.1) is 0 Å². The molecule has 1 saturated carbocycles. The number of aliphatic hydroxyl groups excluding tert-OH is 1. The maximum absolute atomic E-state index is 9.80. The van der Waals surface area contributed by atoms with Crippen molar-refractivity contribution in [3.05, 3.63) is 35.5 Å². The van der Waals surface area contributed by atoms with Crippen LogP contribution in [0.4, 0.5) is 11.8 Å². The lowest BCUT2D eigenvalue weighted by Gasteiger charge is -2.27. The summed E-state index contributed by atoms with van der Waals surface area (Å²) in [6.07, 6.45) is 4.75. The minimum atomic E-state index is -0.277. The van der Waals surface area contributed by atoms with Gasteiger partial charge in [-0.2, -0.15) is 4.98 Å². The van der Waals surface area contributed by atoms with E-state index in [4.69, 9.17) is 22.1 Å². The van der Waals surface area contributed by atoms with Gasteiger partial charge in [-0.3, -0.25) is 0 Å². The van der Waals surface area contributed by atoms with E-state index in [0.29, 0.717) is 28.8 Å². The molecule has 4 N–H and O–H groups in total. The van der Waals surface area contributed by atoms with E-state index in [9.17, 15) is 5.11 Å². The highest BCUT2D eigenvalue weighted by Gasteiger charge is 2.22. The molecule has 122 valence electrons. The van der Waals surface area contributed by atoms with Gasteiger partial charge in [0.2, 0.25) is 5.95 Å². The van der Waals surface area contributed by atoms with Crippen molar-refractivity contribution in [2.45, 2.75) is 37.8 Å². The number of nitrogens with zero attached hydrogens (tertiary/aromatic N) is 2. The molecule has 0 radical (unpaired) electrons. The third-order valence-electron chi connectivity index (χ3n) is 3.80. The molecular weight excluding hydrogens is 316 g/mol. The summed E-state index contributed by atoms with van der Waals surface area (Å²) in [5.41, 5.74) is 5.69. The van der Waals surface area contributed by atoms with E-state index in [1.54, 1.807) is 30.5 Å². The molecule has 2 aromatic rings. The number of hydrogen-bond acceptors (Lipinski definition) is 6. The molecule has 1 aliphatic carbocycles. The number of anilines is 2. The first kappa shape index (κ1) is 15.8. The molecule has 0 amide bonds. The summed E-state index contributed by atoms with van der Waals surface area (Å²) in [6.45, 7) is 0. The number of nitrogens with two attached hydrogens (primary N) is 1. The van der Waals surface area contributed by atoms with E-state index in [-0.39, 0.29) is 18.1 Å². The SMILES string of the molecule is Nc1ncc(Oc2ccc(Cl)cc2)c(N[C@@H]2CCC[C@@H](O)C2)n1. The molecule has 0 unspecified atom stereocenters. The smallest absolute Gasteiger partial charge is 0.222 e. The van der Waals surface area contributed by atoms with Gasteiger partial charge >= 0.3 is 0 Å². The van der Waals surface area contributed by atoms with Crippen LogP contribution in [0.1, 0.15) is 25.7 Å². The Labute approximate surface area is 139 Å². The number of nitrogens with one attached hydrogen (secondary N) is 1. The number of nitrogen functional groups attached to an aromatic ring is 1. The van der Waals surface area contributed by atoms with Gasteiger partial charge in [0.15, 0.2) is 11.6 Å². The van der Waals surface area contributed by atoms with Crippen LogP contribution in [0.3, 0.4) is 0 Å². The number of hydrogen-bond donors (Lipinski definition) is 3. The second kappa shape index (κ2) is 7.02. The second-order valence-electron chi connectivity index (χ2n) is 5.66. The fourth-order valence-corrected chi connectivity index (χ4v) is 2.81. The summed E-state index contributed by atoms with van der Waals surface area (Å²) in [5.74, 6) is 1.83. The van der Waals surface area contributed by atoms with E-state index in [1.165, 1.54) is 0 Å². The third kappa shape index (κ3) is 4.24. The number of halogens is 1. The average Bonchev–Trinajstić information content (AvgIpc) is 2.52. The van der Waals surface area contributed by atoms with Gasteiger partial charge in [0.1, 0.15) is 5.75 Å². The molecule has 0 saturated heterocycles. The van der Waals surface area contributed by atoms with Crippen molar-refractivity contribution in [3.8, 4) is 11.5 Å². The van der Waals surface area contributed by atoms with Gasteiger partial charge < -0.3 is 20.9 Å². The van der Waals surface area contributed by atoms with Crippen LogP contribution in [0, 0.1) is 0 Å². The van der Waals surface area contributed by atoms with Crippen LogP contribution in [0.2, 0.25) is 5.02 Å². The minimum Gasteiger partial charge on any atom is -0.452 e. The van der Waals surface area contributed by atoms with E-state index in [2.05, 4.69) is 15.3 Å². The molecule has 1 aromatic carbocycles. The third-order valence-corrected chi connectivity index (χ3v) is 4.05. The summed E-state index contributed by atoms with van der Waals surface area (Å²) < 4.78 is 5.82. The molecule has 6 nitrogen and oxygen atoms in total. The molecular formula is C16H19ClN4O2. The van der Waals surface area contributed by atoms with Crippen molar-refractivity contribution >= 4 is 23.4 Å². The number of benzene rings is 1. The highest BCUT2D eigenvalue weighted by Crippen LogP contribution is 2.31. The summed E-state index contributed by atoms with van der Waals surface area (Å²) in [5, 5.41) is 13.8. The zero-order valence-electron chi connectivity index (χ0n) is 12.6. The topological polar surface area (TPSA) is 93.3 Å². The maximum atomic E-state index is 9.80. The zero-order valence-corrected chi connectivity index (χ0v) is 13.3. The predicted molar refractivity (Wildman–Crippen MR) is 89.9 cm³/mol. The Morgan fingerprint density at radius 1 is 1.26 bits per heavy atom. The molecule has 1 aromatic heterocycles. The van der Waals surface area contributed by atoms with Crippen molar-refractivity contribution in [1.29, 1.82) is 0 Å². The summed E-state index contributed by atoms with van der Waals surface area (Å²) >= 11 is 5.88. The highest BCUT2D eigenvalue weighted by molar-refractivity contribution is 6.30. The van der Waals surface area contributed by atoms with Crippen LogP contribution in [0.25, 0.3) is 0 Å². The maximum Gasteiger partial charge on any atom is 0.222 e. The van der Waals surface area contributed by atoms with Crippen molar-refractivity contribution < 1.29 is 9.84 Å². The monoisotopic (exact) mass is 334 g/mol. The lowest BCUT2D eigenvalue weighted by Crippen LogP contribution is -2.30. The normalized spacial score (nSPS) is 21.0. The van der Waals surface area contributed by atoms with Gasteiger partial charge in [0, 0.05) is 11.1 Å². The van der Waals surface area contributed by atoms with E-state index in [1.807, 2.05) is 0 Å². The highest BCUT2D eigenvalue weighted by atomic mass is 35.5. The first-order chi connectivity index (χ1) is 11.1. The first-order valence-corrected chi connectivity index (χ1v) is 7.98. The van der Waals surface area contributed by atoms with E-state index >= 15 is 0 Å². The van der Waals surface area contributed by atoms with Crippen LogP contribution < -0.4 is 15.8 Å². The number of rotatable bonds is 4. The molecule has 1 heterocycles. The van der Waals surface area contributed by atoms with Crippen LogP contribution in [0.15, 0.2) is 30.5 Å².